The zero-order valence-electron chi connectivity index (χ0n) is 13.7. The Morgan fingerprint density at radius 3 is 2.45 bits per heavy atom. The maximum atomic E-state index is 12.1. The number of hydrogen-bond donors (Lipinski definition) is 1. The molecule has 1 heterocycles. The molecule has 0 aliphatic carbocycles. The molecule has 1 unspecified atom stereocenters. The number of amides is 1. The molecule has 1 aliphatic heterocycles. The van der Waals surface area contributed by atoms with Crippen molar-refractivity contribution < 1.29 is 9.53 Å². The number of piperidine rings is 1. The van der Waals surface area contributed by atoms with Crippen LogP contribution in [0.2, 0.25) is 0 Å². The van der Waals surface area contributed by atoms with Crippen LogP contribution >= 0.6 is 0 Å². The van der Waals surface area contributed by atoms with Crippen molar-refractivity contribution in [2.45, 2.75) is 58.9 Å². The van der Waals surface area contributed by atoms with Crippen LogP contribution in [0.5, 0.6) is 0 Å². The summed E-state index contributed by atoms with van der Waals surface area (Å²) in [5.74, 6) is 0.295. The van der Waals surface area contributed by atoms with Gasteiger partial charge in [0.2, 0.25) is 5.91 Å². The predicted molar refractivity (Wildman–Crippen MR) is 82.8 cm³/mol. The number of ether oxygens (including phenoxy) is 1. The normalized spacial score (nSPS) is 18.1. The molecule has 1 atom stereocenters. The lowest BCUT2D eigenvalue weighted by molar-refractivity contribution is -0.132. The molecular formula is C16H32N2O2. The lowest BCUT2D eigenvalue weighted by atomic mass is 9.88. The first kappa shape index (κ1) is 17.4. The van der Waals surface area contributed by atoms with Crippen molar-refractivity contribution in [3.05, 3.63) is 0 Å². The summed E-state index contributed by atoms with van der Waals surface area (Å²) in [7, 11) is 1.73. The Morgan fingerprint density at radius 2 is 1.90 bits per heavy atom. The van der Waals surface area contributed by atoms with Crippen LogP contribution in [0.4, 0.5) is 0 Å². The van der Waals surface area contributed by atoms with Crippen LogP contribution in [0.25, 0.3) is 0 Å². The summed E-state index contributed by atoms with van der Waals surface area (Å²) in [6.07, 6.45) is 5.25. The van der Waals surface area contributed by atoms with Crippen LogP contribution in [0.1, 0.15) is 52.9 Å². The Bertz CT molecular complexity index is 281. The third-order valence-electron chi connectivity index (χ3n) is 3.71. The van der Waals surface area contributed by atoms with Gasteiger partial charge < -0.3 is 15.0 Å². The number of likely N-dealkylation sites (tertiary alicyclic amines) is 1. The molecule has 4 nitrogen and oxygen atoms in total. The number of carbonyl (C=O) groups is 1. The minimum atomic E-state index is 0.271. The van der Waals surface area contributed by atoms with E-state index in [0.29, 0.717) is 25.0 Å². The molecule has 0 radical (unpaired) electrons. The number of methoxy groups -OCH3 is 1. The molecular weight excluding hydrogens is 252 g/mol. The predicted octanol–water partition coefficient (Wildman–Crippen LogP) is 2.43. The van der Waals surface area contributed by atoms with Gasteiger partial charge in [-0.1, -0.05) is 20.8 Å². The molecule has 0 bridgehead atoms. The molecule has 1 fully saturated rings. The van der Waals surface area contributed by atoms with Crippen molar-refractivity contribution in [3.63, 3.8) is 0 Å². The lowest BCUT2D eigenvalue weighted by Crippen LogP contribution is -2.41. The maximum Gasteiger partial charge on any atom is 0.223 e. The highest BCUT2D eigenvalue weighted by molar-refractivity contribution is 5.76. The van der Waals surface area contributed by atoms with Gasteiger partial charge in [0.05, 0.1) is 6.61 Å². The third kappa shape index (κ3) is 7.25. The summed E-state index contributed by atoms with van der Waals surface area (Å²) in [5.41, 5.74) is 0.271. The Labute approximate surface area is 124 Å². The Balaban J connectivity index is 2.26. The van der Waals surface area contributed by atoms with E-state index in [0.717, 1.165) is 38.9 Å². The highest BCUT2D eigenvalue weighted by Crippen LogP contribution is 2.20. The summed E-state index contributed by atoms with van der Waals surface area (Å²) < 4.78 is 5.27. The quantitative estimate of drug-likeness (QED) is 0.780. The van der Waals surface area contributed by atoms with Crippen molar-refractivity contribution in [1.29, 1.82) is 0 Å². The van der Waals surface area contributed by atoms with E-state index in [9.17, 15) is 4.79 Å². The monoisotopic (exact) mass is 284 g/mol. The highest BCUT2D eigenvalue weighted by atomic mass is 16.5. The van der Waals surface area contributed by atoms with Crippen LogP contribution in [-0.4, -0.2) is 50.2 Å². The van der Waals surface area contributed by atoms with Crippen molar-refractivity contribution >= 4 is 5.91 Å². The van der Waals surface area contributed by atoms with Gasteiger partial charge >= 0.3 is 0 Å². The van der Waals surface area contributed by atoms with E-state index < -0.39 is 0 Å². The Kier molecular flexibility index (Phi) is 7.52. The van der Waals surface area contributed by atoms with Gasteiger partial charge in [0.25, 0.3) is 0 Å². The summed E-state index contributed by atoms with van der Waals surface area (Å²) in [5, 5.41) is 3.47. The zero-order valence-corrected chi connectivity index (χ0v) is 13.7. The standard InChI is InChI=1S/C16H32N2O2/c1-16(2,3)12-14(13-20-4)17-9-8-15(19)18-10-6-5-7-11-18/h14,17H,5-13H2,1-4H3. The summed E-state index contributed by atoms with van der Waals surface area (Å²) in [6.45, 7) is 10.0. The Hall–Kier alpha value is -0.610. The molecule has 1 aliphatic rings. The summed E-state index contributed by atoms with van der Waals surface area (Å²) in [4.78, 5) is 14.1. The molecule has 1 N–H and O–H groups in total. The molecule has 4 heteroatoms. The van der Waals surface area contributed by atoms with E-state index in [2.05, 4.69) is 26.1 Å². The number of nitrogens with zero attached hydrogens (tertiary/aromatic N) is 1. The molecule has 118 valence electrons. The van der Waals surface area contributed by atoms with Gasteiger partial charge in [-0.2, -0.15) is 0 Å². The van der Waals surface area contributed by atoms with Crippen LogP contribution in [0, 0.1) is 5.41 Å². The van der Waals surface area contributed by atoms with Crippen LogP contribution in [0.3, 0.4) is 0 Å². The van der Waals surface area contributed by atoms with Gasteiger partial charge in [0, 0.05) is 39.2 Å². The second-order valence-corrected chi connectivity index (χ2v) is 7.06. The smallest absolute Gasteiger partial charge is 0.223 e. The van der Waals surface area contributed by atoms with Crippen LogP contribution in [0.15, 0.2) is 0 Å². The topological polar surface area (TPSA) is 41.6 Å². The average molecular weight is 284 g/mol. The maximum absolute atomic E-state index is 12.1. The first-order chi connectivity index (χ1) is 9.42. The van der Waals surface area contributed by atoms with Crippen molar-refractivity contribution in [2.24, 2.45) is 5.41 Å². The largest absolute Gasteiger partial charge is 0.383 e. The average Bonchev–Trinajstić information content (AvgIpc) is 2.38. The number of rotatable bonds is 7. The molecule has 0 aromatic carbocycles. The minimum Gasteiger partial charge on any atom is -0.383 e. The Morgan fingerprint density at radius 1 is 1.25 bits per heavy atom. The first-order valence-corrected chi connectivity index (χ1v) is 7.92. The van der Waals surface area contributed by atoms with Crippen molar-refractivity contribution in [3.8, 4) is 0 Å². The van der Waals surface area contributed by atoms with Crippen molar-refractivity contribution in [2.75, 3.05) is 33.4 Å². The van der Waals surface area contributed by atoms with Gasteiger partial charge in [-0.15, -0.1) is 0 Å². The molecule has 0 saturated carbocycles. The van der Waals surface area contributed by atoms with Gasteiger partial charge in [0.15, 0.2) is 0 Å². The van der Waals surface area contributed by atoms with E-state index in [1.54, 1.807) is 7.11 Å². The van der Waals surface area contributed by atoms with Gasteiger partial charge in [0.1, 0.15) is 0 Å². The van der Waals surface area contributed by atoms with Crippen LogP contribution in [-0.2, 0) is 9.53 Å². The van der Waals surface area contributed by atoms with Crippen LogP contribution < -0.4 is 5.32 Å². The summed E-state index contributed by atoms with van der Waals surface area (Å²) in [6, 6.07) is 0.328. The molecule has 1 amide bonds. The first-order valence-electron chi connectivity index (χ1n) is 7.92. The SMILES string of the molecule is COCC(CC(C)(C)C)NCCC(=O)N1CCCCC1. The molecule has 0 spiro atoms. The number of carbonyl (C=O) groups excluding carboxylic acids is 1. The fourth-order valence-corrected chi connectivity index (χ4v) is 2.82. The molecule has 0 aromatic heterocycles. The van der Waals surface area contributed by atoms with E-state index in [1.807, 2.05) is 4.90 Å². The molecule has 1 saturated heterocycles. The second-order valence-electron chi connectivity index (χ2n) is 7.06. The van der Waals surface area contributed by atoms with Gasteiger partial charge in [-0.3, -0.25) is 4.79 Å². The third-order valence-corrected chi connectivity index (χ3v) is 3.71. The molecule has 1 rings (SSSR count). The lowest BCUT2D eigenvalue weighted by Gasteiger charge is -2.28. The van der Waals surface area contributed by atoms with Gasteiger partial charge in [-0.25, -0.2) is 0 Å². The second kappa shape index (κ2) is 8.63. The zero-order chi connectivity index (χ0) is 15.0. The highest BCUT2D eigenvalue weighted by Gasteiger charge is 2.20. The molecule has 0 aromatic rings. The van der Waals surface area contributed by atoms with E-state index in [4.69, 9.17) is 4.74 Å². The fraction of sp³-hybridized carbons (Fsp3) is 0.938. The number of hydrogen-bond acceptors (Lipinski definition) is 3. The molecule has 20 heavy (non-hydrogen) atoms. The summed E-state index contributed by atoms with van der Waals surface area (Å²) >= 11 is 0. The van der Waals surface area contributed by atoms with E-state index >= 15 is 0 Å². The minimum absolute atomic E-state index is 0.271. The van der Waals surface area contributed by atoms with E-state index in [-0.39, 0.29) is 5.41 Å². The number of nitrogens with one attached hydrogen (secondary N) is 1. The fourth-order valence-electron chi connectivity index (χ4n) is 2.82. The van der Waals surface area contributed by atoms with Gasteiger partial charge in [-0.05, 0) is 31.1 Å². The van der Waals surface area contributed by atoms with E-state index in [1.165, 1.54) is 6.42 Å². The van der Waals surface area contributed by atoms with Crippen molar-refractivity contribution in [1.82, 2.24) is 10.2 Å².